The highest BCUT2D eigenvalue weighted by atomic mass is 16.8. The molecule has 0 bridgehead atoms. The van der Waals surface area contributed by atoms with Crippen molar-refractivity contribution >= 4 is 17.7 Å². The molecular weight excluding hydrogens is 530 g/mol. The van der Waals surface area contributed by atoms with Crippen molar-refractivity contribution < 1.29 is 24.2 Å². The lowest BCUT2D eigenvalue weighted by Gasteiger charge is -2.37. The number of hydrogen-bond acceptors (Lipinski definition) is 6. The molecule has 0 unspecified atom stereocenters. The van der Waals surface area contributed by atoms with E-state index in [1.165, 1.54) is 19.3 Å². The molecule has 8 nitrogen and oxygen atoms in total. The second-order valence-corrected chi connectivity index (χ2v) is 11.8. The Morgan fingerprint density at radius 2 is 1.52 bits per heavy atom. The van der Waals surface area contributed by atoms with E-state index >= 15 is 0 Å². The maximum atomic E-state index is 13.3. The molecule has 0 atom stereocenters. The van der Waals surface area contributed by atoms with Gasteiger partial charge in [-0.25, -0.2) is 4.79 Å². The number of carboxylic acid groups (broad SMARTS) is 1. The Morgan fingerprint density at radius 3 is 2.19 bits per heavy atom. The van der Waals surface area contributed by atoms with Gasteiger partial charge in [0.15, 0.2) is 0 Å². The number of amides is 1. The van der Waals surface area contributed by atoms with Crippen LogP contribution in [0.5, 0.6) is 0 Å². The number of piperazine rings is 1. The fourth-order valence-electron chi connectivity index (χ4n) is 7.32. The van der Waals surface area contributed by atoms with Gasteiger partial charge in [0.2, 0.25) is 0 Å². The van der Waals surface area contributed by atoms with Crippen molar-refractivity contribution in [2.45, 2.75) is 50.5 Å². The lowest BCUT2D eigenvalue weighted by molar-refractivity contribution is -0.189. The largest absolute Gasteiger partial charge is 0.508 e. The summed E-state index contributed by atoms with van der Waals surface area (Å²) in [5, 5.41) is 9.69. The Kier molecular flexibility index (Phi) is 7.12. The molecule has 0 spiro atoms. The minimum atomic E-state index is -1.48. The Hall–Kier alpha value is -3.88. The van der Waals surface area contributed by atoms with E-state index in [1.54, 1.807) is 0 Å². The molecule has 218 valence electrons. The third kappa shape index (κ3) is 4.72. The van der Waals surface area contributed by atoms with Gasteiger partial charge in [-0.15, -0.1) is 0 Å². The minimum Gasteiger partial charge on any atom is -0.450 e. The summed E-state index contributed by atoms with van der Waals surface area (Å²) in [5.41, 5.74) is 6.41. The Bertz CT molecular complexity index is 1450. The zero-order valence-electron chi connectivity index (χ0n) is 23.8. The van der Waals surface area contributed by atoms with Gasteiger partial charge in [0.1, 0.15) is 0 Å². The van der Waals surface area contributed by atoms with Crippen LogP contribution in [0.2, 0.25) is 0 Å². The first-order valence-electron chi connectivity index (χ1n) is 15.2. The zero-order valence-corrected chi connectivity index (χ0v) is 23.8. The number of carbonyl (C=O) groups is 2. The first kappa shape index (κ1) is 27.0. The molecule has 42 heavy (non-hydrogen) atoms. The molecule has 8 heteroatoms. The van der Waals surface area contributed by atoms with Gasteiger partial charge in [0.25, 0.3) is 11.7 Å². The van der Waals surface area contributed by atoms with E-state index in [0.29, 0.717) is 30.3 Å². The van der Waals surface area contributed by atoms with Crippen LogP contribution in [0.3, 0.4) is 0 Å². The van der Waals surface area contributed by atoms with E-state index in [2.05, 4.69) is 32.9 Å². The molecule has 0 aromatic heterocycles. The molecule has 2 aliphatic carbocycles. The standard InChI is InChI=1S/C34H37N3O5/c38-32-29-22-26(15-14-24(29)23-37(32)25-8-2-1-3-9-25)36-18-16-35(17-19-36)20-21-41-34(42-33(39)40)30-12-6-4-10-27(30)28-11-5-7-13-31(28)34/h4-7,10-15,22,25H,1-3,8-9,16-21,23H2,(H,39,40). The first-order valence-corrected chi connectivity index (χ1v) is 15.2. The van der Waals surface area contributed by atoms with Crippen molar-refractivity contribution in [1.29, 1.82) is 0 Å². The van der Waals surface area contributed by atoms with Gasteiger partial charge in [-0.2, -0.15) is 0 Å². The molecule has 1 N–H and O–H groups in total. The molecule has 1 amide bonds. The number of hydrogen-bond donors (Lipinski definition) is 1. The molecule has 1 saturated carbocycles. The van der Waals surface area contributed by atoms with Gasteiger partial charge in [-0.05, 0) is 41.7 Å². The van der Waals surface area contributed by atoms with Crippen LogP contribution >= 0.6 is 0 Å². The summed E-state index contributed by atoms with van der Waals surface area (Å²) >= 11 is 0. The summed E-state index contributed by atoms with van der Waals surface area (Å²) in [6, 6.07) is 22.2. The molecule has 2 fully saturated rings. The number of rotatable bonds is 7. The average molecular weight is 568 g/mol. The monoisotopic (exact) mass is 567 g/mol. The number of nitrogens with zero attached hydrogens (tertiary/aromatic N) is 3. The Labute approximate surface area is 246 Å². The van der Waals surface area contributed by atoms with Crippen molar-refractivity contribution in [2.75, 3.05) is 44.2 Å². The molecule has 3 aromatic carbocycles. The van der Waals surface area contributed by atoms with Crippen LogP contribution in [-0.2, 0) is 21.8 Å². The second-order valence-electron chi connectivity index (χ2n) is 11.8. The lowest BCUT2D eigenvalue weighted by Crippen LogP contribution is -2.48. The van der Waals surface area contributed by atoms with E-state index in [9.17, 15) is 14.7 Å². The highest BCUT2D eigenvalue weighted by Crippen LogP contribution is 2.50. The van der Waals surface area contributed by atoms with Crippen LogP contribution in [0.4, 0.5) is 10.5 Å². The summed E-state index contributed by atoms with van der Waals surface area (Å²) in [7, 11) is 0. The first-order chi connectivity index (χ1) is 20.5. The van der Waals surface area contributed by atoms with Gasteiger partial charge in [0, 0.05) is 67.7 Å². The van der Waals surface area contributed by atoms with E-state index in [-0.39, 0.29) is 5.91 Å². The maximum absolute atomic E-state index is 13.3. The zero-order chi connectivity index (χ0) is 28.7. The molecule has 2 heterocycles. The van der Waals surface area contributed by atoms with Crippen molar-refractivity contribution in [3.63, 3.8) is 0 Å². The van der Waals surface area contributed by atoms with E-state index in [4.69, 9.17) is 9.47 Å². The smallest absolute Gasteiger partial charge is 0.450 e. The summed E-state index contributed by atoms with van der Waals surface area (Å²) in [6.07, 6.45) is 4.61. The average Bonchev–Trinajstić information content (AvgIpc) is 3.50. The third-order valence-electron chi connectivity index (χ3n) is 9.48. The fraction of sp³-hybridized carbons (Fsp3) is 0.412. The van der Waals surface area contributed by atoms with Gasteiger partial charge in [0.05, 0.1) is 6.61 Å². The van der Waals surface area contributed by atoms with Gasteiger partial charge < -0.3 is 24.4 Å². The Balaban J connectivity index is 0.988. The molecule has 3 aromatic rings. The number of ether oxygens (including phenoxy) is 2. The number of fused-ring (bicyclic) bond motifs is 4. The van der Waals surface area contributed by atoms with Crippen molar-refractivity contribution in [3.8, 4) is 11.1 Å². The highest BCUT2D eigenvalue weighted by molar-refractivity contribution is 5.99. The molecule has 4 aliphatic rings. The van der Waals surface area contributed by atoms with Crippen molar-refractivity contribution in [1.82, 2.24) is 9.80 Å². The van der Waals surface area contributed by atoms with Gasteiger partial charge >= 0.3 is 6.16 Å². The van der Waals surface area contributed by atoms with Crippen LogP contribution < -0.4 is 4.90 Å². The third-order valence-corrected chi connectivity index (χ3v) is 9.48. The molecule has 2 aliphatic heterocycles. The van der Waals surface area contributed by atoms with E-state index < -0.39 is 11.9 Å². The molecule has 0 radical (unpaired) electrons. The Morgan fingerprint density at radius 1 is 0.857 bits per heavy atom. The lowest BCUT2D eigenvalue weighted by atomic mass is 9.94. The summed E-state index contributed by atoms with van der Waals surface area (Å²) in [4.78, 5) is 32.0. The van der Waals surface area contributed by atoms with E-state index in [1.807, 2.05) is 48.5 Å². The SMILES string of the molecule is O=C(O)OC1(OCCN2CCN(c3ccc4c(c3)C(=O)N(C3CCCCC3)C4)CC2)c2ccccc2-c2ccccc21. The number of anilines is 1. The normalized spacial score (nSPS) is 19.9. The minimum absolute atomic E-state index is 0.196. The predicted molar refractivity (Wildman–Crippen MR) is 160 cm³/mol. The molecule has 7 rings (SSSR count). The van der Waals surface area contributed by atoms with Crippen molar-refractivity contribution in [3.05, 3.63) is 89.0 Å². The molecule has 1 saturated heterocycles. The number of carbonyl (C=O) groups excluding carboxylic acids is 1. The summed E-state index contributed by atoms with van der Waals surface area (Å²) in [5.74, 6) is -1.29. The van der Waals surface area contributed by atoms with Crippen molar-refractivity contribution in [2.24, 2.45) is 0 Å². The quantitative estimate of drug-likeness (QED) is 0.290. The maximum Gasteiger partial charge on any atom is 0.508 e. The summed E-state index contributed by atoms with van der Waals surface area (Å²) in [6.45, 7) is 5.12. The van der Waals surface area contributed by atoms with Crippen LogP contribution in [0, 0.1) is 0 Å². The number of benzene rings is 3. The summed E-state index contributed by atoms with van der Waals surface area (Å²) < 4.78 is 11.9. The van der Waals surface area contributed by atoms with Gasteiger partial charge in [-0.1, -0.05) is 73.9 Å². The van der Waals surface area contributed by atoms with Crippen LogP contribution in [-0.4, -0.2) is 72.3 Å². The predicted octanol–water partition coefficient (Wildman–Crippen LogP) is 5.69. The topological polar surface area (TPSA) is 82.5 Å². The van der Waals surface area contributed by atoms with E-state index in [0.717, 1.165) is 73.5 Å². The van der Waals surface area contributed by atoms with Gasteiger partial charge in [-0.3, -0.25) is 9.69 Å². The fourth-order valence-corrected chi connectivity index (χ4v) is 7.32. The second kappa shape index (κ2) is 11.1. The van der Waals surface area contributed by atoms with Crippen LogP contribution in [0.15, 0.2) is 66.7 Å². The van der Waals surface area contributed by atoms with Crippen LogP contribution in [0.1, 0.15) is 59.2 Å². The van der Waals surface area contributed by atoms with Crippen LogP contribution in [0.25, 0.3) is 11.1 Å². The highest BCUT2D eigenvalue weighted by Gasteiger charge is 2.48. The molecular formula is C34H37N3O5.